The van der Waals surface area contributed by atoms with Crippen LogP contribution in [0.2, 0.25) is 0 Å². The van der Waals surface area contributed by atoms with Crippen LogP contribution >= 0.6 is 0 Å². The molecule has 0 unspecified atom stereocenters. The van der Waals surface area contributed by atoms with E-state index in [0.717, 1.165) is 78.3 Å². The number of nitrogens with zero attached hydrogens (tertiary/aromatic N) is 6. The quantitative estimate of drug-likeness (QED) is 0.172. The summed E-state index contributed by atoms with van der Waals surface area (Å²) in [5.41, 5.74) is 15.3. The standard InChI is InChI=1S/C50H32N6/c1-2-13-37(14-3-1)55-46-19-5-4-16-39(46)41-29-34(22-24-47(41)55)35-21-23-40-49(32-35)56(48-20-11-27-53-50(40)48)38-15-10-12-33(28-38)36-30-44(42-17-6-8-25-51-42)54-45(31-36)43-18-7-9-26-52-43/h1-32H. The summed E-state index contributed by atoms with van der Waals surface area (Å²) in [5, 5.41) is 3.57. The Kier molecular flexibility index (Phi) is 7.38. The first-order valence-electron chi connectivity index (χ1n) is 18.7. The molecule has 0 aliphatic rings. The predicted molar refractivity (Wildman–Crippen MR) is 228 cm³/mol. The van der Waals surface area contributed by atoms with Gasteiger partial charge >= 0.3 is 0 Å². The third kappa shape index (κ3) is 5.27. The van der Waals surface area contributed by atoms with Gasteiger partial charge in [0, 0.05) is 46.1 Å². The largest absolute Gasteiger partial charge is 0.309 e. The lowest BCUT2D eigenvalue weighted by molar-refractivity contribution is 1.17. The molecule has 0 saturated heterocycles. The maximum atomic E-state index is 5.00. The van der Waals surface area contributed by atoms with E-state index >= 15 is 0 Å². The van der Waals surface area contributed by atoms with Crippen molar-refractivity contribution in [2.45, 2.75) is 0 Å². The molecule has 6 nitrogen and oxygen atoms in total. The number of hydrogen-bond acceptors (Lipinski definition) is 4. The third-order valence-electron chi connectivity index (χ3n) is 10.7. The molecular weight excluding hydrogens is 685 g/mol. The van der Waals surface area contributed by atoms with Crippen LogP contribution in [-0.4, -0.2) is 29.1 Å². The smallest absolute Gasteiger partial charge is 0.0963 e. The predicted octanol–water partition coefficient (Wildman–Crippen LogP) is 12.1. The summed E-state index contributed by atoms with van der Waals surface area (Å²) < 4.78 is 4.70. The van der Waals surface area contributed by atoms with E-state index in [2.05, 4.69) is 153 Å². The fourth-order valence-corrected chi connectivity index (χ4v) is 8.11. The van der Waals surface area contributed by atoms with Gasteiger partial charge in [0.15, 0.2) is 0 Å². The molecule has 11 aromatic rings. The Morgan fingerprint density at radius 3 is 1.71 bits per heavy atom. The number of pyridine rings is 4. The van der Waals surface area contributed by atoms with Crippen LogP contribution in [0.5, 0.6) is 0 Å². The summed E-state index contributed by atoms with van der Waals surface area (Å²) in [6, 6.07) is 61.8. The van der Waals surface area contributed by atoms with Crippen molar-refractivity contribution in [3.05, 3.63) is 195 Å². The van der Waals surface area contributed by atoms with Crippen molar-refractivity contribution in [2.75, 3.05) is 0 Å². The van der Waals surface area contributed by atoms with Crippen molar-refractivity contribution in [2.24, 2.45) is 0 Å². The summed E-state index contributed by atoms with van der Waals surface area (Å²) in [7, 11) is 0. The minimum absolute atomic E-state index is 0.795. The summed E-state index contributed by atoms with van der Waals surface area (Å²) in [6.07, 6.45) is 5.48. The second-order valence-electron chi connectivity index (χ2n) is 14.0. The van der Waals surface area contributed by atoms with Gasteiger partial charge < -0.3 is 9.13 Å². The molecule has 262 valence electrons. The zero-order valence-electron chi connectivity index (χ0n) is 30.2. The Bertz CT molecular complexity index is 3180. The van der Waals surface area contributed by atoms with Gasteiger partial charge in [0.25, 0.3) is 0 Å². The van der Waals surface area contributed by atoms with Crippen LogP contribution in [0.1, 0.15) is 0 Å². The molecule has 11 rings (SSSR count). The van der Waals surface area contributed by atoms with Crippen molar-refractivity contribution in [1.82, 2.24) is 29.1 Å². The highest BCUT2D eigenvalue weighted by molar-refractivity contribution is 6.11. The lowest BCUT2D eigenvalue weighted by Gasteiger charge is -2.13. The minimum atomic E-state index is 0.795. The van der Waals surface area contributed by atoms with Gasteiger partial charge in [-0.1, -0.05) is 72.8 Å². The number of rotatable bonds is 6. The molecule has 6 aromatic heterocycles. The van der Waals surface area contributed by atoms with E-state index in [0.29, 0.717) is 0 Å². The highest BCUT2D eigenvalue weighted by atomic mass is 15.0. The molecule has 6 heterocycles. The van der Waals surface area contributed by atoms with Gasteiger partial charge in [-0.25, -0.2) is 4.98 Å². The average molecular weight is 717 g/mol. The molecular formula is C50H32N6. The molecule has 0 fully saturated rings. The first-order valence-corrected chi connectivity index (χ1v) is 18.7. The van der Waals surface area contributed by atoms with Gasteiger partial charge in [-0.3, -0.25) is 15.0 Å². The first kappa shape index (κ1) is 31.8. The fraction of sp³-hybridized carbons (Fsp3) is 0. The molecule has 0 aliphatic carbocycles. The van der Waals surface area contributed by atoms with E-state index in [1.165, 1.54) is 21.8 Å². The van der Waals surface area contributed by atoms with Crippen LogP contribution in [0, 0.1) is 0 Å². The Labute approximate surface area is 322 Å². The molecule has 0 N–H and O–H groups in total. The van der Waals surface area contributed by atoms with Crippen molar-refractivity contribution in [3.8, 4) is 56.4 Å². The number of fused-ring (bicyclic) bond motifs is 6. The minimum Gasteiger partial charge on any atom is -0.309 e. The molecule has 0 radical (unpaired) electrons. The van der Waals surface area contributed by atoms with Gasteiger partial charge in [-0.05, 0) is 125 Å². The first-order chi connectivity index (χ1) is 27.8. The molecule has 0 amide bonds. The van der Waals surface area contributed by atoms with Crippen LogP contribution in [0.25, 0.3) is 100 Å². The van der Waals surface area contributed by atoms with Crippen LogP contribution < -0.4 is 0 Å². The zero-order valence-corrected chi connectivity index (χ0v) is 30.2. The lowest BCUT2D eigenvalue weighted by Crippen LogP contribution is -1.96. The molecule has 0 saturated carbocycles. The van der Waals surface area contributed by atoms with Crippen molar-refractivity contribution >= 4 is 43.7 Å². The monoisotopic (exact) mass is 716 g/mol. The Balaban J connectivity index is 1.08. The van der Waals surface area contributed by atoms with E-state index in [1.54, 1.807) is 12.4 Å². The van der Waals surface area contributed by atoms with Crippen molar-refractivity contribution in [3.63, 3.8) is 0 Å². The number of aromatic nitrogens is 6. The van der Waals surface area contributed by atoms with E-state index in [1.807, 2.05) is 48.7 Å². The Hall–Kier alpha value is -7.70. The summed E-state index contributed by atoms with van der Waals surface area (Å²) in [5.74, 6) is 0. The summed E-state index contributed by atoms with van der Waals surface area (Å²) in [6.45, 7) is 0. The molecule has 0 spiro atoms. The number of hydrogen-bond donors (Lipinski definition) is 0. The van der Waals surface area contributed by atoms with E-state index in [4.69, 9.17) is 9.97 Å². The zero-order chi connectivity index (χ0) is 37.0. The molecule has 6 heteroatoms. The molecule has 0 bridgehead atoms. The summed E-state index contributed by atoms with van der Waals surface area (Å²) >= 11 is 0. The van der Waals surface area contributed by atoms with Crippen LogP contribution in [-0.2, 0) is 0 Å². The Morgan fingerprint density at radius 2 is 0.929 bits per heavy atom. The van der Waals surface area contributed by atoms with Crippen molar-refractivity contribution < 1.29 is 0 Å². The van der Waals surface area contributed by atoms with Gasteiger partial charge in [0.2, 0.25) is 0 Å². The molecule has 56 heavy (non-hydrogen) atoms. The van der Waals surface area contributed by atoms with Gasteiger partial charge in [-0.15, -0.1) is 0 Å². The van der Waals surface area contributed by atoms with E-state index in [9.17, 15) is 0 Å². The highest BCUT2D eigenvalue weighted by Crippen LogP contribution is 2.38. The van der Waals surface area contributed by atoms with Gasteiger partial charge in [-0.2, -0.15) is 0 Å². The SMILES string of the molecule is c1ccc(-n2c3ccccc3c3cc(-c4ccc5c6ncccc6n(-c6cccc(-c7cc(-c8ccccn8)nc(-c8ccccn8)c7)c6)c5c4)ccc32)cc1. The average Bonchev–Trinajstić information content (AvgIpc) is 3.79. The maximum absolute atomic E-state index is 5.00. The maximum Gasteiger partial charge on any atom is 0.0963 e. The van der Waals surface area contributed by atoms with Gasteiger partial charge in [0.05, 0.1) is 50.4 Å². The molecule has 5 aromatic carbocycles. The third-order valence-corrected chi connectivity index (χ3v) is 10.7. The van der Waals surface area contributed by atoms with E-state index < -0.39 is 0 Å². The van der Waals surface area contributed by atoms with Crippen LogP contribution in [0.15, 0.2) is 195 Å². The summed E-state index contributed by atoms with van der Waals surface area (Å²) in [4.78, 5) is 19.2. The normalized spacial score (nSPS) is 11.6. The topological polar surface area (TPSA) is 61.4 Å². The Morgan fingerprint density at radius 1 is 0.304 bits per heavy atom. The second-order valence-corrected chi connectivity index (χ2v) is 14.0. The van der Waals surface area contributed by atoms with Crippen LogP contribution in [0.4, 0.5) is 0 Å². The van der Waals surface area contributed by atoms with Gasteiger partial charge in [0.1, 0.15) is 0 Å². The molecule has 0 aliphatic heterocycles. The number of para-hydroxylation sites is 2. The lowest BCUT2D eigenvalue weighted by atomic mass is 10.0. The van der Waals surface area contributed by atoms with E-state index in [-0.39, 0.29) is 0 Å². The van der Waals surface area contributed by atoms with Crippen LogP contribution in [0.3, 0.4) is 0 Å². The highest BCUT2D eigenvalue weighted by Gasteiger charge is 2.18. The fourth-order valence-electron chi connectivity index (χ4n) is 8.11. The van der Waals surface area contributed by atoms with Crippen molar-refractivity contribution in [1.29, 1.82) is 0 Å². The second kappa shape index (κ2) is 13.0. The molecule has 0 atom stereocenters. The number of benzene rings is 5.